The number of aromatic nitrogens is 3. The predicted octanol–water partition coefficient (Wildman–Crippen LogP) is 1.59. The van der Waals surface area contributed by atoms with Gasteiger partial charge in [0.1, 0.15) is 12.4 Å². The summed E-state index contributed by atoms with van der Waals surface area (Å²) in [5, 5.41) is 14.7. The third-order valence-electron chi connectivity index (χ3n) is 4.47. The van der Waals surface area contributed by atoms with Crippen molar-refractivity contribution < 1.29 is 4.79 Å². The van der Waals surface area contributed by atoms with E-state index in [2.05, 4.69) is 25.8 Å². The number of rotatable bonds is 7. The first-order valence-electron chi connectivity index (χ1n) is 9.26. The number of aliphatic imine (C=N–C) groups is 1. The highest BCUT2D eigenvalue weighted by Gasteiger charge is 2.15. The normalized spacial score (nSPS) is 15.4. The van der Waals surface area contributed by atoms with Crippen molar-refractivity contribution >= 4 is 35.8 Å². The van der Waals surface area contributed by atoms with E-state index in [1.54, 1.807) is 0 Å². The van der Waals surface area contributed by atoms with Crippen molar-refractivity contribution in [3.05, 3.63) is 11.6 Å². The number of aryl methyl sites for hydroxylation is 1. The van der Waals surface area contributed by atoms with Gasteiger partial charge in [-0.15, -0.1) is 34.2 Å². The summed E-state index contributed by atoms with van der Waals surface area (Å²) in [6, 6.07) is 0. The van der Waals surface area contributed by atoms with Crippen LogP contribution in [0.15, 0.2) is 4.99 Å². The molecule has 1 saturated heterocycles. The average molecular weight is 477 g/mol. The van der Waals surface area contributed by atoms with Gasteiger partial charge in [0.2, 0.25) is 5.91 Å². The molecule has 1 fully saturated rings. The van der Waals surface area contributed by atoms with Crippen molar-refractivity contribution in [2.24, 2.45) is 12.0 Å². The molecule has 1 aliphatic heterocycles. The molecule has 0 bridgehead atoms. The van der Waals surface area contributed by atoms with Crippen LogP contribution in [0.4, 0.5) is 0 Å². The van der Waals surface area contributed by atoms with Crippen LogP contribution in [-0.4, -0.2) is 57.7 Å². The molecule has 2 rings (SSSR count). The first kappa shape index (κ1) is 22.7. The van der Waals surface area contributed by atoms with Gasteiger partial charge in [-0.25, -0.2) is 4.99 Å². The van der Waals surface area contributed by atoms with Gasteiger partial charge in [0.15, 0.2) is 11.8 Å². The zero-order valence-electron chi connectivity index (χ0n) is 16.1. The predicted molar refractivity (Wildman–Crippen MR) is 114 cm³/mol. The number of guanidine groups is 1. The third-order valence-corrected chi connectivity index (χ3v) is 4.47. The van der Waals surface area contributed by atoms with Crippen LogP contribution >= 0.6 is 24.0 Å². The second-order valence-electron chi connectivity index (χ2n) is 6.39. The molecule has 0 spiro atoms. The van der Waals surface area contributed by atoms with Gasteiger partial charge in [0.05, 0.1) is 0 Å². The molecular weight excluding hydrogens is 445 g/mol. The van der Waals surface area contributed by atoms with E-state index in [0.717, 1.165) is 63.0 Å². The summed E-state index contributed by atoms with van der Waals surface area (Å²) in [4.78, 5) is 18.6. The van der Waals surface area contributed by atoms with Crippen molar-refractivity contribution in [2.45, 2.75) is 52.5 Å². The number of hydrogen-bond donors (Lipinski definition) is 2. The highest BCUT2D eigenvalue weighted by atomic mass is 127. The molecule has 2 N–H and O–H groups in total. The smallest absolute Gasteiger partial charge is 0.222 e. The quantitative estimate of drug-likeness (QED) is 0.270. The van der Waals surface area contributed by atoms with Gasteiger partial charge in [-0.1, -0.05) is 6.42 Å². The first-order valence-corrected chi connectivity index (χ1v) is 9.26. The number of halogens is 1. The number of likely N-dealkylation sites (tertiary alicyclic amines) is 1. The van der Waals surface area contributed by atoms with Crippen LogP contribution in [0.1, 0.15) is 50.7 Å². The molecule has 9 heteroatoms. The number of hydrogen-bond acceptors (Lipinski definition) is 4. The standard InChI is InChI=1S/C17H31N7O.HI/c1-4-18-17(20-13-15-22-21-14(2)23(15)3)19-10-8-12-24-11-7-5-6-9-16(24)25;/h4-13H2,1-3H3,(H2,18,19,20);1H. The van der Waals surface area contributed by atoms with Crippen LogP contribution < -0.4 is 10.6 Å². The van der Waals surface area contributed by atoms with E-state index in [1.807, 2.05) is 30.4 Å². The van der Waals surface area contributed by atoms with Crippen LogP contribution in [0, 0.1) is 6.92 Å². The number of carbonyl (C=O) groups excluding carboxylic acids is 1. The Hall–Kier alpha value is -1.39. The topological polar surface area (TPSA) is 87.4 Å². The summed E-state index contributed by atoms with van der Waals surface area (Å²) in [5.74, 6) is 2.79. The molecule has 0 radical (unpaired) electrons. The lowest BCUT2D eigenvalue weighted by molar-refractivity contribution is -0.130. The van der Waals surface area contributed by atoms with Gasteiger partial charge in [0.25, 0.3) is 0 Å². The fourth-order valence-electron chi connectivity index (χ4n) is 2.83. The summed E-state index contributed by atoms with van der Waals surface area (Å²) < 4.78 is 1.94. The molecule has 1 aliphatic rings. The summed E-state index contributed by atoms with van der Waals surface area (Å²) in [6.07, 6.45) is 4.94. The van der Waals surface area contributed by atoms with Crippen LogP contribution in [0.2, 0.25) is 0 Å². The largest absolute Gasteiger partial charge is 0.357 e. The van der Waals surface area contributed by atoms with Gasteiger partial charge in [-0.2, -0.15) is 0 Å². The van der Waals surface area contributed by atoms with Gasteiger partial charge in [-0.05, 0) is 33.1 Å². The Morgan fingerprint density at radius 2 is 2.04 bits per heavy atom. The maximum Gasteiger partial charge on any atom is 0.222 e. The first-order chi connectivity index (χ1) is 12.1. The van der Waals surface area contributed by atoms with E-state index in [9.17, 15) is 4.79 Å². The van der Waals surface area contributed by atoms with Crippen molar-refractivity contribution in [1.29, 1.82) is 0 Å². The molecule has 1 amide bonds. The Bertz CT molecular complexity index is 588. The lowest BCUT2D eigenvalue weighted by Gasteiger charge is -2.20. The maximum atomic E-state index is 12.0. The summed E-state index contributed by atoms with van der Waals surface area (Å²) in [6.45, 7) is 7.75. The van der Waals surface area contributed by atoms with Crippen molar-refractivity contribution in [3.8, 4) is 0 Å². The van der Waals surface area contributed by atoms with Crippen molar-refractivity contribution in [3.63, 3.8) is 0 Å². The SMILES string of the molecule is CCNC(=NCc1nnc(C)n1C)NCCCN1CCCCCC1=O.I. The van der Waals surface area contributed by atoms with Crippen molar-refractivity contribution in [2.75, 3.05) is 26.2 Å². The average Bonchev–Trinajstić information content (AvgIpc) is 2.79. The molecule has 1 aromatic rings. The fraction of sp³-hybridized carbons (Fsp3) is 0.765. The molecule has 0 unspecified atom stereocenters. The van der Waals surface area contributed by atoms with E-state index in [1.165, 1.54) is 6.42 Å². The molecular formula is C17H32IN7O. The number of nitrogens with one attached hydrogen (secondary N) is 2. The van der Waals surface area contributed by atoms with Crippen LogP contribution in [0.3, 0.4) is 0 Å². The van der Waals surface area contributed by atoms with Crippen molar-refractivity contribution in [1.82, 2.24) is 30.3 Å². The molecule has 0 aliphatic carbocycles. The molecule has 0 saturated carbocycles. The van der Waals surface area contributed by atoms with E-state index >= 15 is 0 Å². The number of carbonyl (C=O) groups is 1. The lowest BCUT2D eigenvalue weighted by atomic mass is 10.2. The second-order valence-corrected chi connectivity index (χ2v) is 6.39. The highest BCUT2D eigenvalue weighted by molar-refractivity contribution is 14.0. The van der Waals surface area contributed by atoms with Crippen LogP contribution in [0.5, 0.6) is 0 Å². The number of nitrogens with zero attached hydrogens (tertiary/aromatic N) is 5. The van der Waals surface area contributed by atoms with Gasteiger partial charge in [-0.3, -0.25) is 4.79 Å². The Morgan fingerprint density at radius 3 is 2.73 bits per heavy atom. The monoisotopic (exact) mass is 477 g/mol. The number of amides is 1. The molecule has 8 nitrogen and oxygen atoms in total. The minimum atomic E-state index is 0. The molecule has 1 aromatic heterocycles. The Balaban J connectivity index is 0.00000338. The summed E-state index contributed by atoms with van der Waals surface area (Å²) in [7, 11) is 1.94. The van der Waals surface area contributed by atoms with E-state index in [4.69, 9.17) is 0 Å². The van der Waals surface area contributed by atoms with Crippen LogP contribution in [-0.2, 0) is 18.4 Å². The Labute approximate surface area is 173 Å². The zero-order chi connectivity index (χ0) is 18.1. The molecule has 148 valence electrons. The van der Waals surface area contributed by atoms with Gasteiger partial charge < -0.3 is 20.1 Å². The maximum absolute atomic E-state index is 12.0. The molecule has 2 heterocycles. The Morgan fingerprint density at radius 1 is 1.23 bits per heavy atom. The van der Waals surface area contributed by atoms with Gasteiger partial charge in [0, 0.05) is 39.6 Å². The highest BCUT2D eigenvalue weighted by Crippen LogP contribution is 2.11. The summed E-state index contributed by atoms with van der Waals surface area (Å²) >= 11 is 0. The Kier molecular flexibility index (Phi) is 10.5. The lowest BCUT2D eigenvalue weighted by Crippen LogP contribution is -2.39. The van der Waals surface area contributed by atoms with E-state index in [-0.39, 0.29) is 24.0 Å². The molecule has 26 heavy (non-hydrogen) atoms. The minimum absolute atomic E-state index is 0. The zero-order valence-corrected chi connectivity index (χ0v) is 18.5. The third kappa shape index (κ3) is 7.08. The second kappa shape index (κ2) is 12.1. The molecule has 0 aromatic carbocycles. The van der Waals surface area contributed by atoms with E-state index < -0.39 is 0 Å². The van der Waals surface area contributed by atoms with Crippen LogP contribution in [0.25, 0.3) is 0 Å². The van der Waals surface area contributed by atoms with E-state index in [0.29, 0.717) is 18.9 Å². The van der Waals surface area contributed by atoms with Gasteiger partial charge >= 0.3 is 0 Å². The fourth-order valence-corrected chi connectivity index (χ4v) is 2.83. The molecule has 0 atom stereocenters. The minimum Gasteiger partial charge on any atom is -0.357 e. The summed E-state index contributed by atoms with van der Waals surface area (Å²) in [5.41, 5.74) is 0.